The summed E-state index contributed by atoms with van der Waals surface area (Å²) in [6, 6.07) is 161. The molecule has 21 aromatic carbocycles. The Bertz CT molecular complexity index is 10000. The van der Waals surface area contributed by atoms with E-state index in [-0.39, 0.29) is 0 Å². The van der Waals surface area contributed by atoms with Crippen molar-refractivity contribution in [3.05, 3.63) is 455 Å². The number of rotatable bonds is 9. The Morgan fingerprint density at radius 1 is 0.141 bits per heavy atom. The Morgan fingerprint density at radius 2 is 0.481 bits per heavy atom. The summed E-state index contributed by atoms with van der Waals surface area (Å²) in [4.78, 5) is 0. The molecule has 0 fully saturated rings. The number of aromatic nitrogens is 3. The molecule has 135 heavy (non-hydrogen) atoms. The Kier molecular flexibility index (Phi) is 17.0. The van der Waals surface area contributed by atoms with Gasteiger partial charge in [-0.05, 0) is 251 Å². The number of furan rings is 6. The van der Waals surface area contributed by atoms with E-state index in [1.54, 1.807) is 0 Å². The average molecular weight is 1730 g/mol. The van der Waals surface area contributed by atoms with Gasteiger partial charge in [-0.15, -0.1) is 0 Å². The minimum atomic E-state index is 0.888. The van der Waals surface area contributed by atoms with Crippen LogP contribution >= 0.6 is 0 Å². The molecule has 0 atom stereocenters. The molecule has 0 unspecified atom stereocenters. The highest BCUT2D eigenvalue weighted by Crippen LogP contribution is 2.49. The molecular weight excluding hydrogens is 1650 g/mol. The quantitative estimate of drug-likeness (QED) is 0.143. The number of fused-ring (bicyclic) bond motifs is 29. The molecular formula is C126H75N3O6. The normalized spacial score (nSPS) is 12.0. The standard InChI is InChI=1S/3C42H25NO2/c1-2-11-29(12-3-1)43-35-17-7-6-14-33(35)42-40(43)39-31(16-9-19-37(39)45-42)28-22-20-27(21-23-28)30-15-8-18-36-38(30)34-25-24-26-10-4-5-13-32(26)41(34)44-36;1-2-10-32(11-3-1)43-37-13-7-6-12-34(37)42-41(43)36-23-30(19-21-38(36)45-42)26-14-16-27(17-15-26)31-18-20-33-35-22-28-8-4-5-9-29(28)24-40(35)44-39(33)25-31;1-2-9-31(10-3-1)43-36-13-7-6-12-33(36)42-41(43)35-24-29(20-22-37(35)45-42)26-14-16-27(17-15-26)30-18-21-34-39(25-30)44-38-23-19-28-8-4-5-11-32(28)40(34)38/h3*1-25H. The third kappa shape index (κ3) is 12.1. The first-order valence-electron chi connectivity index (χ1n) is 45.8. The van der Waals surface area contributed by atoms with Gasteiger partial charge >= 0.3 is 0 Å². The van der Waals surface area contributed by atoms with Crippen molar-refractivity contribution in [1.29, 1.82) is 0 Å². The lowest BCUT2D eigenvalue weighted by Gasteiger charge is -2.10. The van der Waals surface area contributed by atoms with E-state index in [1.165, 1.54) is 37.9 Å². The highest BCUT2D eigenvalue weighted by molar-refractivity contribution is 6.24. The van der Waals surface area contributed by atoms with E-state index in [9.17, 15) is 0 Å². The lowest BCUT2D eigenvalue weighted by molar-refractivity contribution is 0.669. The molecule has 9 heterocycles. The van der Waals surface area contributed by atoms with Crippen molar-refractivity contribution in [2.24, 2.45) is 0 Å². The number of benzene rings is 21. The second-order valence-electron chi connectivity index (χ2n) is 35.2. The number of nitrogens with zero attached hydrogens (tertiary/aromatic N) is 3. The summed E-state index contributed by atoms with van der Waals surface area (Å²) < 4.78 is 45.7. The molecule has 0 bridgehead atoms. The van der Waals surface area contributed by atoms with Crippen LogP contribution in [0.4, 0.5) is 0 Å². The average Bonchev–Trinajstić information content (AvgIpc) is 1.42. The van der Waals surface area contributed by atoms with Crippen molar-refractivity contribution in [3.63, 3.8) is 0 Å². The number of hydrogen-bond acceptors (Lipinski definition) is 6. The van der Waals surface area contributed by atoms with Crippen LogP contribution in [0.2, 0.25) is 0 Å². The van der Waals surface area contributed by atoms with Gasteiger partial charge in [0.1, 0.15) is 66.8 Å². The second kappa shape index (κ2) is 30.2. The van der Waals surface area contributed by atoms with Gasteiger partial charge in [-0.3, -0.25) is 0 Å². The predicted octanol–water partition coefficient (Wildman–Crippen LogP) is 35.7. The van der Waals surface area contributed by atoms with Gasteiger partial charge in [0.25, 0.3) is 0 Å². The maximum Gasteiger partial charge on any atom is 0.161 e. The minimum Gasteiger partial charge on any atom is -0.456 e. The summed E-state index contributed by atoms with van der Waals surface area (Å²) in [6.45, 7) is 0. The summed E-state index contributed by atoms with van der Waals surface area (Å²) >= 11 is 0. The highest BCUT2D eigenvalue weighted by atomic mass is 16.4. The molecule has 30 rings (SSSR count). The largest absolute Gasteiger partial charge is 0.456 e. The van der Waals surface area contributed by atoms with Crippen LogP contribution in [0.25, 0.3) is 281 Å². The Morgan fingerprint density at radius 3 is 1.01 bits per heavy atom. The zero-order valence-electron chi connectivity index (χ0n) is 72.6. The SMILES string of the molecule is c1ccc(-n2c3ccccc3c3oc4ccc(-c5ccc(-c6ccc7c(c6)oc6cc8ccccc8cc67)cc5)cc4c32)cc1.c1ccc(-n2c3ccccc3c3oc4ccc(-c5ccc(-c6ccc7c(c6)oc6ccc8ccccc8c67)cc5)cc4c32)cc1.c1ccc(-n2c3ccccc3c3oc4cccc(-c5ccc(-c6cccc7oc8c9ccccc9ccc8c67)cc5)c4c32)cc1. The predicted molar refractivity (Wildman–Crippen MR) is 559 cm³/mol. The Hall–Kier alpha value is -18.2. The molecule has 0 aliphatic rings. The van der Waals surface area contributed by atoms with Crippen LogP contribution < -0.4 is 0 Å². The number of hydrogen-bond donors (Lipinski definition) is 0. The van der Waals surface area contributed by atoms with Crippen molar-refractivity contribution < 1.29 is 26.5 Å². The highest BCUT2D eigenvalue weighted by Gasteiger charge is 2.27. The third-order valence-electron chi connectivity index (χ3n) is 27.6. The molecule has 30 aromatic rings. The van der Waals surface area contributed by atoms with Crippen LogP contribution in [0, 0.1) is 0 Å². The van der Waals surface area contributed by atoms with E-state index in [0.717, 1.165) is 243 Å². The maximum absolute atomic E-state index is 6.60. The van der Waals surface area contributed by atoms with Crippen molar-refractivity contribution in [2.45, 2.75) is 0 Å². The molecule has 630 valence electrons. The fraction of sp³-hybridized carbons (Fsp3) is 0. The Balaban J connectivity index is 0.000000101. The van der Waals surface area contributed by atoms with E-state index < -0.39 is 0 Å². The summed E-state index contributed by atoms with van der Waals surface area (Å²) in [5, 5.41) is 20.8. The summed E-state index contributed by atoms with van der Waals surface area (Å²) in [6.07, 6.45) is 0. The summed E-state index contributed by atoms with van der Waals surface area (Å²) in [5.74, 6) is 0. The number of para-hydroxylation sites is 6. The lowest BCUT2D eigenvalue weighted by Crippen LogP contribution is -1.93. The third-order valence-corrected chi connectivity index (χ3v) is 27.6. The molecule has 0 aliphatic heterocycles. The fourth-order valence-corrected chi connectivity index (χ4v) is 21.3. The molecule has 9 nitrogen and oxygen atoms in total. The van der Waals surface area contributed by atoms with Crippen molar-refractivity contribution in [3.8, 4) is 83.8 Å². The van der Waals surface area contributed by atoms with Gasteiger partial charge in [0.05, 0.1) is 21.9 Å². The first-order valence-corrected chi connectivity index (χ1v) is 45.8. The van der Waals surface area contributed by atoms with E-state index in [1.807, 2.05) is 0 Å². The van der Waals surface area contributed by atoms with Crippen LogP contribution in [0.15, 0.2) is 481 Å². The first-order chi connectivity index (χ1) is 66.9. The lowest BCUT2D eigenvalue weighted by atomic mass is 9.95. The molecule has 0 saturated heterocycles. The molecule has 9 heteroatoms. The molecule has 0 aliphatic carbocycles. The van der Waals surface area contributed by atoms with Gasteiger partial charge in [0, 0.05) is 81.7 Å². The molecule has 0 spiro atoms. The van der Waals surface area contributed by atoms with Crippen LogP contribution in [-0.2, 0) is 0 Å². The topological polar surface area (TPSA) is 93.6 Å². The van der Waals surface area contributed by atoms with Crippen LogP contribution in [0.5, 0.6) is 0 Å². The van der Waals surface area contributed by atoms with Crippen molar-refractivity contribution in [1.82, 2.24) is 13.7 Å². The zero-order valence-corrected chi connectivity index (χ0v) is 72.6. The molecule has 0 radical (unpaired) electrons. The Labute approximate surface area is 770 Å². The van der Waals surface area contributed by atoms with Crippen molar-refractivity contribution >= 4 is 197 Å². The van der Waals surface area contributed by atoms with Gasteiger partial charge in [-0.1, -0.05) is 297 Å². The van der Waals surface area contributed by atoms with Gasteiger partial charge in [-0.25, -0.2) is 0 Å². The second-order valence-corrected chi connectivity index (χ2v) is 35.2. The van der Waals surface area contributed by atoms with Gasteiger partial charge < -0.3 is 40.2 Å². The van der Waals surface area contributed by atoms with Crippen LogP contribution in [-0.4, -0.2) is 13.7 Å². The van der Waals surface area contributed by atoms with Gasteiger partial charge in [0.2, 0.25) is 0 Å². The van der Waals surface area contributed by atoms with E-state index in [4.69, 9.17) is 26.5 Å². The monoisotopic (exact) mass is 1730 g/mol. The van der Waals surface area contributed by atoms with E-state index >= 15 is 0 Å². The van der Waals surface area contributed by atoms with Crippen LogP contribution in [0.1, 0.15) is 0 Å². The first kappa shape index (κ1) is 75.8. The van der Waals surface area contributed by atoms with Gasteiger partial charge in [0.15, 0.2) is 16.7 Å². The maximum atomic E-state index is 6.60. The van der Waals surface area contributed by atoms with Crippen molar-refractivity contribution in [2.75, 3.05) is 0 Å². The van der Waals surface area contributed by atoms with E-state index in [0.29, 0.717) is 0 Å². The van der Waals surface area contributed by atoms with Crippen LogP contribution in [0.3, 0.4) is 0 Å². The molecule has 0 saturated carbocycles. The van der Waals surface area contributed by atoms with E-state index in [2.05, 4.69) is 469 Å². The summed E-state index contributed by atoms with van der Waals surface area (Å²) in [5.41, 5.74) is 34.8. The van der Waals surface area contributed by atoms with Gasteiger partial charge in [-0.2, -0.15) is 0 Å². The zero-order chi connectivity index (χ0) is 88.5. The molecule has 0 N–H and O–H groups in total. The fourth-order valence-electron chi connectivity index (χ4n) is 21.3. The summed E-state index contributed by atoms with van der Waals surface area (Å²) in [7, 11) is 0. The minimum absolute atomic E-state index is 0.888. The molecule has 0 amide bonds. The smallest absolute Gasteiger partial charge is 0.161 e. The molecule has 9 aromatic heterocycles.